The molecule has 6 rings (SSSR count). The van der Waals surface area contributed by atoms with Crippen LogP contribution < -0.4 is 4.74 Å². The predicted molar refractivity (Wildman–Crippen MR) is 142 cm³/mol. The molecule has 0 bridgehead atoms. The fraction of sp³-hybridized carbons (Fsp3) is 0.0606. The molecule has 0 aliphatic carbocycles. The lowest BCUT2D eigenvalue weighted by molar-refractivity contribution is -0.476. The van der Waals surface area contributed by atoms with Crippen LogP contribution in [-0.2, 0) is 5.41 Å². The Kier molecular flexibility index (Phi) is 5.48. The zero-order valence-electron chi connectivity index (χ0n) is 19.4. The zero-order valence-corrected chi connectivity index (χ0v) is 19.4. The smallest absolute Gasteiger partial charge is 0.292 e. The Morgan fingerprint density at radius 3 is 1.51 bits per heavy atom. The van der Waals surface area contributed by atoms with E-state index in [1.165, 1.54) is 16.7 Å². The number of benzene rings is 5. The quantitative estimate of drug-likeness (QED) is 0.203. The van der Waals surface area contributed by atoms with Crippen molar-refractivity contribution in [2.45, 2.75) is 5.41 Å². The van der Waals surface area contributed by atoms with Crippen LogP contribution in [0.15, 0.2) is 140 Å². The number of hydrogen-bond donors (Lipinski definition) is 0. The maximum atomic E-state index is 6.59. The highest BCUT2D eigenvalue weighted by molar-refractivity contribution is 5.84. The lowest BCUT2D eigenvalue weighted by Crippen LogP contribution is -2.33. The fourth-order valence-electron chi connectivity index (χ4n) is 5.25. The standard InChI is InChI=1S/C33H26NO/c1-5-15-27(16-6-1)33(28-17-7-2-8-18-28,29-19-9-3-10-20-29)31-23-13-14-26-24-34(25-35-32(26)31)30-21-11-4-12-22-30/h1-24H,25H2/q+1. The van der Waals surface area contributed by atoms with Gasteiger partial charge in [0, 0.05) is 17.7 Å². The van der Waals surface area contributed by atoms with Crippen LogP contribution >= 0.6 is 0 Å². The van der Waals surface area contributed by atoms with Crippen molar-refractivity contribution in [3.63, 3.8) is 0 Å². The Morgan fingerprint density at radius 2 is 1.00 bits per heavy atom. The molecule has 0 radical (unpaired) electrons. The summed E-state index contributed by atoms with van der Waals surface area (Å²) >= 11 is 0. The van der Waals surface area contributed by atoms with Gasteiger partial charge in [-0.25, -0.2) is 0 Å². The predicted octanol–water partition coefficient (Wildman–Crippen LogP) is 7.18. The minimum Gasteiger partial charge on any atom is -0.435 e. The van der Waals surface area contributed by atoms with Crippen molar-refractivity contribution in [3.05, 3.63) is 167 Å². The van der Waals surface area contributed by atoms with Gasteiger partial charge in [-0.1, -0.05) is 121 Å². The summed E-state index contributed by atoms with van der Waals surface area (Å²) in [5.41, 5.74) is 6.42. The molecule has 0 aromatic heterocycles. The second-order valence-corrected chi connectivity index (χ2v) is 8.78. The third-order valence-corrected chi connectivity index (χ3v) is 6.80. The maximum absolute atomic E-state index is 6.59. The van der Waals surface area contributed by atoms with E-state index in [4.69, 9.17) is 4.74 Å². The third kappa shape index (κ3) is 3.64. The van der Waals surface area contributed by atoms with E-state index in [0.717, 1.165) is 22.6 Å². The lowest BCUT2D eigenvalue weighted by Gasteiger charge is -2.38. The van der Waals surface area contributed by atoms with Crippen LogP contribution in [0.1, 0.15) is 27.8 Å². The number of ether oxygens (including phenoxy) is 1. The van der Waals surface area contributed by atoms with Crippen molar-refractivity contribution in [1.29, 1.82) is 0 Å². The topological polar surface area (TPSA) is 12.2 Å². The monoisotopic (exact) mass is 452 g/mol. The molecule has 5 aromatic rings. The molecule has 0 saturated carbocycles. The molecule has 2 nitrogen and oxygen atoms in total. The fourth-order valence-corrected chi connectivity index (χ4v) is 5.25. The molecule has 0 atom stereocenters. The first-order valence-corrected chi connectivity index (χ1v) is 12.0. The summed E-state index contributed by atoms with van der Waals surface area (Å²) in [7, 11) is 0. The van der Waals surface area contributed by atoms with E-state index >= 15 is 0 Å². The van der Waals surface area contributed by atoms with Gasteiger partial charge in [0.25, 0.3) is 6.73 Å². The van der Waals surface area contributed by atoms with E-state index in [1.54, 1.807) is 0 Å². The molecule has 35 heavy (non-hydrogen) atoms. The van der Waals surface area contributed by atoms with Crippen LogP contribution in [0.3, 0.4) is 0 Å². The Bertz CT molecular complexity index is 1360. The van der Waals surface area contributed by atoms with E-state index in [0.29, 0.717) is 6.73 Å². The molecule has 1 aliphatic rings. The van der Waals surface area contributed by atoms with Crippen molar-refractivity contribution in [1.82, 2.24) is 0 Å². The number of rotatable bonds is 5. The van der Waals surface area contributed by atoms with Gasteiger partial charge in [0.15, 0.2) is 6.21 Å². The summed E-state index contributed by atoms with van der Waals surface area (Å²) in [6.45, 7) is 0.461. The summed E-state index contributed by atoms with van der Waals surface area (Å²) < 4.78 is 8.74. The number of nitrogens with zero attached hydrogens (tertiary/aromatic N) is 1. The van der Waals surface area contributed by atoms with E-state index in [2.05, 4.69) is 144 Å². The van der Waals surface area contributed by atoms with E-state index in [9.17, 15) is 0 Å². The van der Waals surface area contributed by atoms with E-state index < -0.39 is 5.41 Å². The van der Waals surface area contributed by atoms with Crippen LogP contribution in [0.4, 0.5) is 5.69 Å². The SMILES string of the molecule is C1=[N+](c2ccccc2)COc2c1cccc2C(c1ccccc1)(c1ccccc1)c1ccccc1. The molecule has 5 aromatic carbocycles. The van der Waals surface area contributed by atoms with Crippen molar-refractivity contribution in [3.8, 4) is 5.75 Å². The number of para-hydroxylation sites is 2. The minimum absolute atomic E-state index is 0.461. The zero-order chi connectivity index (χ0) is 23.5. The summed E-state index contributed by atoms with van der Waals surface area (Å²) in [5, 5.41) is 0. The largest absolute Gasteiger partial charge is 0.435 e. The molecule has 2 heteroatoms. The number of fused-ring (bicyclic) bond motifs is 1. The van der Waals surface area contributed by atoms with E-state index in [-0.39, 0.29) is 0 Å². The van der Waals surface area contributed by atoms with Crippen LogP contribution in [-0.4, -0.2) is 17.5 Å². The first kappa shape index (κ1) is 21.1. The molecule has 0 spiro atoms. The van der Waals surface area contributed by atoms with Crippen LogP contribution in [0.2, 0.25) is 0 Å². The maximum Gasteiger partial charge on any atom is 0.292 e. The van der Waals surface area contributed by atoms with Crippen molar-refractivity contribution < 1.29 is 9.31 Å². The molecule has 168 valence electrons. The average molecular weight is 453 g/mol. The molecule has 0 amide bonds. The summed E-state index contributed by atoms with van der Waals surface area (Å²) in [4.78, 5) is 0. The molecule has 0 saturated heterocycles. The van der Waals surface area contributed by atoms with Gasteiger partial charge < -0.3 is 4.74 Å². The number of hydrogen-bond acceptors (Lipinski definition) is 1. The molecular formula is C33H26NO+. The average Bonchev–Trinajstić information content (AvgIpc) is 2.95. The second kappa shape index (κ2) is 9.08. The van der Waals surface area contributed by atoms with E-state index in [1.807, 2.05) is 6.07 Å². The van der Waals surface area contributed by atoms with Gasteiger partial charge in [-0.2, -0.15) is 4.58 Å². The van der Waals surface area contributed by atoms with Crippen molar-refractivity contribution in [2.24, 2.45) is 0 Å². The summed E-state index contributed by atoms with van der Waals surface area (Å²) in [6, 6.07) is 49.2. The third-order valence-electron chi connectivity index (χ3n) is 6.80. The van der Waals surface area contributed by atoms with Gasteiger partial charge in [0.2, 0.25) is 5.69 Å². The van der Waals surface area contributed by atoms with Crippen molar-refractivity contribution >= 4 is 11.9 Å². The normalized spacial score (nSPS) is 12.9. The van der Waals surface area contributed by atoms with Gasteiger partial charge in [-0.15, -0.1) is 0 Å². The Morgan fingerprint density at radius 1 is 0.514 bits per heavy atom. The first-order chi connectivity index (χ1) is 17.4. The van der Waals surface area contributed by atoms with Gasteiger partial charge in [0.05, 0.1) is 11.0 Å². The van der Waals surface area contributed by atoms with Gasteiger partial charge >= 0.3 is 0 Å². The molecule has 0 N–H and O–H groups in total. The first-order valence-electron chi connectivity index (χ1n) is 12.0. The minimum atomic E-state index is -0.530. The van der Waals surface area contributed by atoms with Gasteiger partial charge in [0.1, 0.15) is 5.75 Å². The van der Waals surface area contributed by atoms with Crippen LogP contribution in [0, 0.1) is 0 Å². The van der Waals surface area contributed by atoms with Crippen LogP contribution in [0.25, 0.3) is 0 Å². The Hall–Kier alpha value is -4.43. The highest BCUT2D eigenvalue weighted by Gasteiger charge is 2.41. The Balaban J connectivity index is 1.66. The van der Waals surface area contributed by atoms with Gasteiger partial charge in [-0.05, 0) is 22.8 Å². The molecule has 0 fully saturated rings. The lowest BCUT2D eigenvalue weighted by atomic mass is 9.64. The summed E-state index contributed by atoms with van der Waals surface area (Å²) in [6.07, 6.45) is 2.20. The molecular weight excluding hydrogens is 426 g/mol. The van der Waals surface area contributed by atoms with Crippen LogP contribution in [0.5, 0.6) is 5.75 Å². The summed E-state index contributed by atoms with van der Waals surface area (Å²) in [5.74, 6) is 0.927. The van der Waals surface area contributed by atoms with Gasteiger partial charge in [-0.3, -0.25) is 0 Å². The molecule has 1 aliphatic heterocycles. The van der Waals surface area contributed by atoms with Crippen molar-refractivity contribution in [2.75, 3.05) is 6.73 Å². The second-order valence-electron chi connectivity index (χ2n) is 8.78. The highest BCUT2D eigenvalue weighted by atomic mass is 16.5. The highest BCUT2D eigenvalue weighted by Crippen LogP contribution is 2.49. The molecule has 0 unspecified atom stereocenters. The molecule has 1 heterocycles. The Labute approximate surface area is 206 Å².